The standard InChI is InChI=1S/C13H17ClFNO/c1-8(2)6-11(16)12(17)7-9-4-3-5-10(14)13(9)15/h3-5,8,11H,6-7,16H2,1-2H3. The number of hydrogen-bond acceptors (Lipinski definition) is 2. The number of hydrogen-bond donors (Lipinski definition) is 1. The van der Waals surface area contributed by atoms with Gasteiger partial charge in [0.1, 0.15) is 5.82 Å². The van der Waals surface area contributed by atoms with Crippen LogP contribution in [0.25, 0.3) is 0 Å². The molecule has 17 heavy (non-hydrogen) atoms. The molecule has 1 unspecified atom stereocenters. The molecular weight excluding hydrogens is 241 g/mol. The van der Waals surface area contributed by atoms with Gasteiger partial charge >= 0.3 is 0 Å². The summed E-state index contributed by atoms with van der Waals surface area (Å²) in [7, 11) is 0. The van der Waals surface area contributed by atoms with Crippen molar-refractivity contribution in [1.29, 1.82) is 0 Å². The van der Waals surface area contributed by atoms with Crippen molar-refractivity contribution in [2.75, 3.05) is 0 Å². The van der Waals surface area contributed by atoms with Crippen LogP contribution in [0.4, 0.5) is 4.39 Å². The summed E-state index contributed by atoms with van der Waals surface area (Å²) in [6.45, 7) is 3.99. The van der Waals surface area contributed by atoms with E-state index in [-0.39, 0.29) is 17.2 Å². The fourth-order valence-electron chi connectivity index (χ4n) is 1.64. The Balaban J connectivity index is 2.71. The average Bonchev–Trinajstić information content (AvgIpc) is 2.23. The Morgan fingerprint density at radius 2 is 2.12 bits per heavy atom. The van der Waals surface area contributed by atoms with Crippen molar-refractivity contribution in [1.82, 2.24) is 0 Å². The number of nitrogens with two attached hydrogens (primary N) is 1. The van der Waals surface area contributed by atoms with Crippen molar-refractivity contribution in [3.05, 3.63) is 34.6 Å². The van der Waals surface area contributed by atoms with Gasteiger partial charge in [-0.2, -0.15) is 0 Å². The summed E-state index contributed by atoms with van der Waals surface area (Å²) in [4.78, 5) is 11.8. The molecule has 0 amide bonds. The van der Waals surface area contributed by atoms with E-state index in [9.17, 15) is 9.18 Å². The molecule has 0 fully saturated rings. The van der Waals surface area contributed by atoms with Crippen LogP contribution in [0.15, 0.2) is 18.2 Å². The summed E-state index contributed by atoms with van der Waals surface area (Å²) in [6, 6.07) is 4.11. The summed E-state index contributed by atoms with van der Waals surface area (Å²) in [5.74, 6) is -0.336. The minimum absolute atomic E-state index is 0.000278. The zero-order valence-electron chi connectivity index (χ0n) is 10.0. The van der Waals surface area contributed by atoms with Crippen molar-refractivity contribution in [3.8, 4) is 0 Å². The van der Waals surface area contributed by atoms with Gasteiger partial charge < -0.3 is 5.73 Å². The van der Waals surface area contributed by atoms with E-state index in [1.807, 2.05) is 13.8 Å². The highest BCUT2D eigenvalue weighted by molar-refractivity contribution is 6.30. The highest BCUT2D eigenvalue weighted by atomic mass is 35.5. The first-order valence-corrected chi connectivity index (χ1v) is 6.00. The monoisotopic (exact) mass is 257 g/mol. The summed E-state index contributed by atoms with van der Waals surface area (Å²) in [6.07, 6.45) is 0.612. The van der Waals surface area contributed by atoms with Gasteiger partial charge in [0, 0.05) is 6.42 Å². The first-order valence-electron chi connectivity index (χ1n) is 5.63. The second-order valence-electron chi connectivity index (χ2n) is 4.59. The Kier molecular flexibility index (Phi) is 5.09. The van der Waals surface area contributed by atoms with E-state index in [1.165, 1.54) is 6.07 Å². The molecule has 1 atom stereocenters. The molecule has 1 aromatic rings. The van der Waals surface area contributed by atoms with Gasteiger partial charge in [-0.15, -0.1) is 0 Å². The molecular formula is C13H17ClFNO. The van der Waals surface area contributed by atoms with Crippen LogP contribution in [0.3, 0.4) is 0 Å². The van der Waals surface area contributed by atoms with E-state index in [2.05, 4.69) is 0 Å². The van der Waals surface area contributed by atoms with Crippen LogP contribution in [0.2, 0.25) is 5.02 Å². The molecule has 4 heteroatoms. The lowest BCUT2D eigenvalue weighted by atomic mass is 9.97. The maximum absolute atomic E-state index is 13.6. The van der Waals surface area contributed by atoms with E-state index >= 15 is 0 Å². The average molecular weight is 258 g/mol. The van der Waals surface area contributed by atoms with Crippen LogP contribution in [-0.4, -0.2) is 11.8 Å². The van der Waals surface area contributed by atoms with E-state index < -0.39 is 11.9 Å². The Morgan fingerprint density at radius 3 is 2.71 bits per heavy atom. The molecule has 2 nitrogen and oxygen atoms in total. The minimum atomic E-state index is -0.534. The predicted octanol–water partition coefficient (Wildman–Crippen LogP) is 2.96. The van der Waals surface area contributed by atoms with Crippen molar-refractivity contribution in [2.24, 2.45) is 11.7 Å². The molecule has 0 aliphatic carbocycles. The van der Waals surface area contributed by atoms with Gasteiger partial charge in [0.2, 0.25) is 0 Å². The molecule has 0 aliphatic heterocycles. The van der Waals surface area contributed by atoms with Crippen LogP contribution in [0.1, 0.15) is 25.8 Å². The van der Waals surface area contributed by atoms with Crippen LogP contribution >= 0.6 is 11.6 Å². The number of halogens is 2. The maximum Gasteiger partial charge on any atom is 0.153 e. The molecule has 0 spiro atoms. The molecule has 0 aliphatic rings. The second-order valence-corrected chi connectivity index (χ2v) is 5.00. The molecule has 0 bridgehead atoms. The second kappa shape index (κ2) is 6.12. The van der Waals surface area contributed by atoms with Crippen LogP contribution in [-0.2, 0) is 11.2 Å². The molecule has 1 aromatic carbocycles. The van der Waals surface area contributed by atoms with Crippen LogP contribution in [0, 0.1) is 11.7 Å². The number of rotatable bonds is 5. The molecule has 0 heterocycles. The maximum atomic E-state index is 13.6. The van der Waals surface area contributed by atoms with Crippen LogP contribution in [0.5, 0.6) is 0 Å². The van der Waals surface area contributed by atoms with E-state index in [1.54, 1.807) is 12.1 Å². The smallest absolute Gasteiger partial charge is 0.153 e. The van der Waals surface area contributed by atoms with Gasteiger partial charge in [0.15, 0.2) is 5.78 Å². The Bertz CT molecular complexity index is 406. The Labute approximate surface area is 106 Å². The normalized spacial score (nSPS) is 12.8. The number of ketones is 1. The first-order chi connectivity index (χ1) is 7.91. The van der Waals surface area contributed by atoms with Crippen molar-refractivity contribution in [2.45, 2.75) is 32.7 Å². The lowest BCUT2D eigenvalue weighted by Gasteiger charge is -2.13. The van der Waals surface area contributed by atoms with Crippen molar-refractivity contribution >= 4 is 17.4 Å². The Hall–Kier alpha value is -0.930. The topological polar surface area (TPSA) is 43.1 Å². The van der Waals surface area contributed by atoms with Crippen molar-refractivity contribution < 1.29 is 9.18 Å². The zero-order chi connectivity index (χ0) is 13.0. The van der Waals surface area contributed by atoms with Gasteiger partial charge in [-0.3, -0.25) is 4.79 Å². The zero-order valence-corrected chi connectivity index (χ0v) is 10.8. The lowest BCUT2D eigenvalue weighted by Crippen LogP contribution is -2.33. The van der Waals surface area contributed by atoms with E-state index in [0.29, 0.717) is 17.9 Å². The van der Waals surface area contributed by atoms with Gasteiger partial charge in [0.25, 0.3) is 0 Å². The molecule has 0 saturated heterocycles. The van der Waals surface area contributed by atoms with Gasteiger partial charge in [-0.05, 0) is 24.0 Å². The number of carbonyl (C=O) groups excluding carboxylic acids is 1. The largest absolute Gasteiger partial charge is 0.321 e. The predicted molar refractivity (Wildman–Crippen MR) is 67.6 cm³/mol. The molecule has 94 valence electrons. The Morgan fingerprint density at radius 1 is 1.47 bits per heavy atom. The van der Waals surface area contributed by atoms with Gasteiger partial charge in [-0.1, -0.05) is 37.6 Å². The SMILES string of the molecule is CC(C)CC(N)C(=O)Cc1cccc(Cl)c1F. The number of Topliss-reactive ketones (excluding diaryl/α,β-unsaturated/α-hetero) is 1. The third-order valence-electron chi connectivity index (χ3n) is 2.54. The van der Waals surface area contributed by atoms with Gasteiger partial charge in [0.05, 0.1) is 11.1 Å². The molecule has 0 saturated carbocycles. The van der Waals surface area contributed by atoms with E-state index in [4.69, 9.17) is 17.3 Å². The minimum Gasteiger partial charge on any atom is -0.321 e. The summed E-state index contributed by atoms with van der Waals surface area (Å²) >= 11 is 5.64. The first kappa shape index (κ1) is 14.1. The molecule has 0 aromatic heterocycles. The van der Waals surface area contributed by atoms with E-state index in [0.717, 1.165) is 0 Å². The quantitative estimate of drug-likeness (QED) is 0.881. The molecule has 2 N–H and O–H groups in total. The molecule has 1 rings (SSSR count). The summed E-state index contributed by atoms with van der Waals surface area (Å²) < 4.78 is 13.6. The lowest BCUT2D eigenvalue weighted by molar-refractivity contribution is -0.120. The third kappa shape index (κ3) is 4.10. The highest BCUT2D eigenvalue weighted by Gasteiger charge is 2.17. The fraction of sp³-hybridized carbons (Fsp3) is 0.462. The van der Waals surface area contributed by atoms with Crippen LogP contribution < -0.4 is 5.73 Å². The van der Waals surface area contributed by atoms with Gasteiger partial charge in [-0.25, -0.2) is 4.39 Å². The van der Waals surface area contributed by atoms with Crippen molar-refractivity contribution in [3.63, 3.8) is 0 Å². The third-order valence-corrected chi connectivity index (χ3v) is 2.83. The summed E-state index contributed by atoms with van der Waals surface area (Å²) in [5.41, 5.74) is 6.06. The molecule has 0 radical (unpaired) electrons. The number of carbonyl (C=O) groups is 1. The highest BCUT2D eigenvalue weighted by Crippen LogP contribution is 2.19. The summed E-state index contributed by atoms with van der Waals surface area (Å²) in [5, 5.41) is 0.0349. The fourth-order valence-corrected chi connectivity index (χ4v) is 1.84. The number of benzene rings is 1.